The number of fused-ring (bicyclic) bond motifs is 1. The second-order valence-electron chi connectivity index (χ2n) is 5.17. The summed E-state index contributed by atoms with van der Waals surface area (Å²) in [6.45, 7) is 4.13. The third kappa shape index (κ3) is 2.25. The quantitative estimate of drug-likeness (QED) is 0.792. The zero-order chi connectivity index (χ0) is 14.1. The van der Waals surface area contributed by atoms with Gasteiger partial charge < -0.3 is 5.73 Å². The van der Waals surface area contributed by atoms with Gasteiger partial charge in [0.15, 0.2) is 5.65 Å². The van der Waals surface area contributed by atoms with Crippen LogP contribution in [0, 0.1) is 6.92 Å². The number of hydrogen-bond donors (Lipinski definition) is 1. The van der Waals surface area contributed by atoms with Crippen LogP contribution in [-0.4, -0.2) is 14.5 Å². The topological polar surface area (TPSA) is 56.7 Å². The Kier molecular flexibility index (Phi) is 3.14. The number of benzene rings is 1. The number of pyridine rings is 1. The van der Waals surface area contributed by atoms with E-state index < -0.39 is 0 Å². The zero-order valence-corrected chi connectivity index (χ0v) is 11.7. The Bertz CT molecular complexity index is 731. The van der Waals surface area contributed by atoms with E-state index in [1.165, 1.54) is 5.56 Å². The molecule has 2 heterocycles. The molecule has 3 aromatic rings. The van der Waals surface area contributed by atoms with Gasteiger partial charge in [0.05, 0.1) is 0 Å². The van der Waals surface area contributed by atoms with Gasteiger partial charge in [0.25, 0.3) is 0 Å². The van der Waals surface area contributed by atoms with Crippen LogP contribution >= 0.6 is 0 Å². The summed E-state index contributed by atoms with van der Waals surface area (Å²) < 4.78 is 2.02. The fourth-order valence-corrected chi connectivity index (χ4v) is 2.57. The SMILES string of the molecule is Cc1ccc2nc(N)n(C(C)Cc3ccccc3)c2n1. The van der Waals surface area contributed by atoms with Crippen molar-refractivity contribution in [2.45, 2.75) is 26.3 Å². The number of aromatic nitrogens is 3. The number of nitrogen functional groups attached to an aromatic ring is 1. The lowest BCUT2D eigenvalue weighted by molar-refractivity contribution is 0.563. The van der Waals surface area contributed by atoms with Crippen molar-refractivity contribution in [1.82, 2.24) is 14.5 Å². The molecule has 1 aromatic carbocycles. The van der Waals surface area contributed by atoms with E-state index in [-0.39, 0.29) is 6.04 Å². The van der Waals surface area contributed by atoms with E-state index in [0.717, 1.165) is 23.3 Å². The van der Waals surface area contributed by atoms with E-state index in [0.29, 0.717) is 5.95 Å². The smallest absolute Gasteiger partial charge is 0.202 e. The van der Waals surface area contributed by atoms with E-state index in [9.17, 15) is 0 Å². The van der Waals surface area contributed by atoms with Gasteiger partial charge in [-0.2, -0.15) is 0 Å². The lowest BCUT2D eigenvalue weighted by Crippen LogP contribution is -2.12. The highest BCUT2D eigenvalue weighted by molar-refractivity contribution is 5.74. The Hall–Kier alpha value is -2.36. The van der Waals surface area contributed by atoms with E-state index in [1.807, 2.05) is 29.7 Å². The van der Waals surface area contributed by atoms with E-state index >= 15 is 0 Å². The first-order chi connectivity index (χ1) is 9.65. The van der Waals surface area contributed by atoms with Crippen molar-refractivity contribution < 1.29 is 0 Å². The number of nitrogens with two attached hydrogens (primary N) is 1. The molecule has 0 saturated carbocycles. The van der Waals surface area contributed by atoms with Crippen molar-refractivity contribution in [3.63, 3.8) is 0 Å². The third-order valence-electron chi connectivity index (χ3n) is 3.52. The van der Waals surface area contributed by atoms with Crippen molar-refractivity contribution in [2.24, 2.45) is 0 Å². The van der Waals surface area contributed by atoms with Crippen LogP contribution in [0.4, 0.5) is 5.95 Å². The molecule has 2 N–H and O–H groups in total. The van der Waals surface area contributed by atoms with Crippen LogP contribution in [0.2, 0.25) is 0 Å². The molecule has 0 bridgehead atoms. The first-order valence-corrected chi connectivity index (χ1v) is 6.80. The maximum Gasteiger partial charge on any atom is 0.202 e. The van der Waals surface area contributed by atoms with Crippen LogP contribution in [0.25, 0.3) is 11.2 Å². The highest BCUT2D eigenvalue weighted by Gasteiger charge is 2.15. The van der Waals surface area contributed by atoms with Gasteiger partial charge in [-0.3, -0.25) is 4.57 Å². The fourth-order valence-electron chi connectivity index (χ4n) is 2.57. The van der Waals surface area contributed by atoms with Gasteiger partial charge in [0, 0.05) is 11.7 Å². The van der Waals surface area contributed by atoms with Gasteiger partial charge in [-0.25, -0.2) is 9.97 Å². The summed E-state index contributed by atoms with van der Waals surface area (Å²) in [5, 5.41) is 0. The second kappa shape index (κ2) is 4.96. The number of rotatable bonds is 3. The summed E-state index contributed by atoms with van der Waals surface area (Å²) in [4.78, 5) is 8.97. The van der Waals surface area contributed by atoms with Crippen molar-refractivity contribution >= 4 is 17.1 Å². The maximum atomic E-state index is 6.07. The maximum absolute atomic E-state index is 6.07. The molecule has 0 amide bonds. The Morgan fingerprint density at radius 2 is 1.85 bits per heavy atom. The van der Waals surface area contributed by atoms with Crippen molar-refractivity contribution in [1.29, 1.82) is 0 Å². The molecular weight excluding hydrogens is 248 g/mol. The second-order valence-corrected chi connectivity index (χ2v) is 5.17. The van der Waals surface area contributed by atoms with Gasteiger partial charge in [-0.1, -0.05) is 30.3 Å². The van der Waals surface area contributed by atoms with Crippen LogP contribution in [-0.2, 0) is 6.42 Å². The minimum atomic E-state index is 0.219. The first-order valence-electron chi connectivity index (χ1n) is 6.80. The Balaban J connectivity index is 2.00. The normalized spacial score (nSPS) is 12.7. The van der Waals surface area contributed by atoms with Crippen LogP contribution in [0.5, 0.6) is 0 Å². The van der Waals surface area contributed by atoms with Crippen molar-refractivity contribution in [3.05, 3.63) is 53.7 Å². The summed E-state index contributed by atoms with van der Waals surface area (Å²) in [5.41, 5.74) is 10.1. The average molecular weight is 266 g/mol. The van der Waals surface area contributed by atoms with Crippen molar-refractivity contribution in [3.8, 4) is 0 Å². The van der Waals surface area contributed by atoms with Gasteiger partial charge in [0.2, 0.25) is 5.95 Å². The molecule has 1 unspecified atom stereocenters. The molecule has 20 heavy (non-hydrogen) atoms. The summed E-state index contributed by atoms with van der Waals surface area (Å²) in [6.07, 6.45) is 0.909. The van der Waals surface area contributed by atoms with Crippen LogP contribution in [0.1, 0.15) is 24.2 Å². The van der Waals surface area contributed by atoms with Gasteiger partial charge in [-0.15, -0.1) is 0 Å². The fraction of sp³-hybridized carbons (Fsp3) is 0.250. The molecule has 3 rings (SSSR count). The Labute approximate surface area is 118 Å². The van der Waals surface area contributed by atoms with Crippen LogP contribution < -0.4 is 5.73 Å². The standard InChI is InChI=1S/C16H18N4/c1-11-8-9-14-15(18-11)20(16(17)19-14)12(2)10-13-6-4-3-5-7-13/h3-9,12H,10H2,1-2H3,(H2,17,19). The molecule has 0 aliphatic rings. The zero-order valence-electron chi connectivity index (χ0n) is 11.7. The van der Waals surface area contributed by atoms with Crippen molar-refractivity contribution in [2.75, 3.05) is 5.73 Å². The summed E-state index contributed by atoms with van der Waals surface area (Å²) >= 11 is 0. The average Bonchev–Trinajstić information content (AvgIpc) is 2.75. The molecule has 4 nitrogen and oxygen atoms in total. The van der Waals surface area contributed by atoms with E-state index in [1.54, 1.807) is 0 Å². The highest BCUT2D eigenvalue weighted by Crippen LogP contribution is 2.24. The number of imidazole rings is 1. The molecule has 0 radical (unpaired) electrons. The summed E-state index contributed by atoms with van der Waals surface area (Å²) in [5.74, 6) is 0.529. The first kappa shape index (κ1) is 12.7. The Morgan fingerprint density at radius 1 is 1.10 bits per heavy atom. The predicted octanol–water partition coefficient (Wildman–Crippen LogP) is 3.13. The van der Waals surface area contributed by atoms with Crippen LogP contribution in [0.15, 0.2) is 42.5 Å². The minimum absolute atomic E-state index is 0.219. The Morgan fingerprint density at radius 3 is 2.60 bits per heavy atom. The molecule has 0 fully saturated rings. The van der Waals surface area contributed by atoms with E-state index in [4.69, 9.17) is 5.73 Å². The molecule has 0 aliphatic carbocycles. The van der Waals surface area contributed by atoms with Gasteiger partial charge in [0.1, 0.15) is 5.52 Å². The predicted molar refractivity (Wildman–Crippen MR) is 81.5 cm³/mol. The lowest BCUT2D eigenvalue weighted by Gasteiger charge is -2.15. The molecule has 0 saturated heterocycles. The summed E-state index contributed by atoms with van der Waals surface area (Å²) in [7, 11) is 0. The number of nitrogens with zero attached hydrogens (tertiary/aromatic N) is 3. The van der Waals surface area contributed by atoms with Gasteiger partial charge >= 0.3 is 0 Å². The molecule has 2 aromatic heterocycles. The summed E-state index contributed by atoms with van der Waals surface area (Å²) in [6, 6.07) is 14.5. The number of aryl methyl sites for hydroxylation is 1. The number of anilines is 1. The molecule has 0 aliphatic heterocycles. The third-order valence-corrected chi connectivity index (χ3v) is 3.52. The largest absolute Gasteiger partial charge is 0.369 e. The molecular formula is C16H18N4. The molecule has 102 valence electrons. The van der Waals surface area contributed by atoms with E-state index in [2.05, 4.69) is 41.2 Å². The van der Waals surface area contributed by atoms with Gasteiger partial charge in [-0.05, 0) is 38.0 Å². The number of hydrogen-bond acceptors (Lipinski definition) is 3. The minimum Gasteiger partial charge on any atom is -0.369 e. The monoisotopic (exact) mass is 266 g/mol. The molecule has 0 spiro atoms. The highest BCUT2D eigenvalue weighted by atomic mass is 15.2. The molecule has 4 heteroatoms. The lowest BCUT2D eigenvalue weighted by atomic mass is 10.1. The van der Waals surface area contributed by atoms with Crippen LogP contribution in [0.3, 0.4) is 0 Å². The molecule has 1 atom stereocenters.